The molecule has 9 heteroatoms. The Morgan fingerprint density at radius 1 is 1.10 bits per heavy atom. The summed E-state index contributed by atoms with van der Waals surface area (Å²) in [5.41, 5.74) is 1.34. The van der Waals surface area contributed by atoms with E-state index in [1.807, 2.05) is 30.3 Å². The van der Waals surface area contributed by atoms with E-state index in [4.69, 9.17) is 9.26 Å². The molecule has 0 unspecified atom stereocenters. The summed E-state index contributed by atoms with van der Waals surface area (Å²) < 4.78 is 25.7. The number of hydrogen-bond donors (Lipinski definition) is 1. The molecule has 0 fully saturated rings. The molecule has 0 bridgehead atoms. The molecule has 2 heterocycles. The van der Waals surface area contributed by atoms with Crippen molar-refractivity contribution >= 4 is 11.7 Å². The largest absolute Gasteiger partial charge is 0.362 e. The van der Waals surface area contributed by atoms with Crippen LogP contribution in [-0.2, 0) is 22.7 Å². The molecule has 2 aromatic carbocycles. The minimum absolute atomic E-state index is 0.00891. The van der Waals surface area contributed by atoms with Crippen LogP contribution in [0.3, 0.4) is 0 Å². The van der Waals surface area contributed by atoms with Crippen molar-refractivity contribution < 1.29 is 18.4 Å². The van der Waals surface area contributed by atoms with Crippen molar-refractivity contribution in [2.24, 2.45) is 0 Å². The normalized spacial score (nSPS) is 10.8. The molecule has 0 atom stereocenters. The van der Waals surface area contributed by atoms with Crippen molar-refractivity contribution in [2.45, 2.75) is 13.2 Å². The fraction of sp³-hybridized carbons (Fsp3) is 0.143. The second kappa shape index (κ2) is 9.10. The van der Waals surface area contributed by atoms with Crippen molar-refractivity contribution in [3.05, 3.63) is 84.1 Å². The van der Waals surface area contributed by atoms with Gasteiger partial charge in [-0.15, -0.1) is 0 Å². The van der Waals surface area contributed by atoms with Crippen LogP contribution in [-0.4, -0.2) is 32.4 Å². The number of carbonyl (C=O) groups is 1. The van der Waals surface area contributed by atoms with E-state index in [1.165, 1.54) is 6.07 Å². The average Bonchev–Trinajstić information content (AvgIpc) is 3.40. The highest BCUT2D eigenvalue weighted by Crippen LogP contribution is 2.15. The van der Waals surface area contributed by atoms with Crippen molar-refractivity contribution in [3.63, 3.8) is 0 Å². The number of benzene rings is 2. The van der Waals surface area contributed by atoms with Gasteiger partial charge in [-0.1, -0.05) is 53.7 Å². The second-order valence-electron chi connectivity index (χ2n) is 6.41. The third-order valence-corrected chi connectivity index (χ3v) is 4.16. The molecule has 4 rings (SSSR count). The molecule has 1 N–H and O–H groups in total. The quantitative estimate of drug-likeness (QED) is 0.482. The van der Waals surface area contributed by atoms with Crippen LogP contribution in [0.25, 0.3) is 11.4 Å². The fourth-order valence-electron chi connectivity index (χ4n) is 2.75. The molecule has 8 nitrogen and oxygen atoms in total. The van der Waals surface area contributed by atoms with Crippen LogP contribution >= 0.6 is 0 Å². The van der Waals surface area contributed by atoms with Gasteiger partial charge in [0.15, 0.2) is 5.82 Å². The Kier molecular flexibility index (Phi) is 5.90. The lowest BCUT2D eigenvalue weighted by Gasteiger charge is -2.04. The SMILES string of the molecule is O=C(COCc1nc(-c2ccccc2)no1)Nc1ccn(Cc2ccccc2F)n1. The standard InChI is InChI=1S/C21H18FN5O3/c22-17-9-5-4-8-16(17)12-27-11-10-18(25-27)23-19(28)13-29-14-20-24-21(26-30-20)15-6-2-1-3-7-15/h1-11H,12-14H2,(H,23,25,28). The molecular weight excluding hydrogens is 389 g/mol. The van der Waals surface area contributed by atoms with E-state index in [2.05, 4.69) is 20.6 Å². The first-order valence-corrected chi connectivity index (χ1v) is 9.20. The predicted octanol–water partition coefficient (Wildman–Crippen LogP) is 3.28. The van der Waals surface area contributed by atoms with Gasteiger partial charge in [-0.3, -0.25) is 9.48 Å². The van der Waals surface area contributed by atoms with Gasteiger partial charge in [0.05, 0.1) is 6.54 Å². The van der Waals surface area contributed by atoms with Crippen LogP contribution < -0.4 is 5.32 Å². The summed E-state index contributed by atoms with van der Waals surface area (Å²) in [6.45, 7) is 0.0676. The van der Waals surface area contributed by atoms with E-state index in [9.17, 15) is 9.18 Å². The van der Waals surface area contributed by atoms with Crippen LogP contribution in [0.15, 0.2) is 71.4 Å². The Morgan fingerprint density at radius 2 is 1.90 bits per heavy atom. The lowest BCUT2D eigenvalue weighted by atomic mass is 10.2. The molecule has 0 saturated heterocycles. The zero-order valence-electron chi connectivity index (χ0n) is 15.9. The van der Waals surface area contributed by atoms with E-state index >= 15 is 0 Å². The Balaban J connectivity index is 1.24. The van der Waals surface area contributed by atoms with Crippen LogP contribution in [0.5, 0.6) is 0 Å². The van der Waals surface area contributed by atoms with E-state index in [-0.39, 0.29) is 37.4 Å². The molecule has 0 saturated carbocycles. The van der Waals surface area contributed by atoms with Gasteiger partial charge < -0.3 is 14.6 Å². The van der Waals surface area contributed by atoms with E-state index in [1.54, 1.807) is 35.1 Å². The molecule has 4 aromatic rings. The van der Waals surface area contributed by atoms with Gasteiger partial charge in [-0.25, -0.2) is 4.39 Å². The van der Waals surface area contributed by atoms with E-state index in [0.717, 1.165) is 5.56 Å². The van der Waals surface area contributed by atoms with Gasteiger partial charge in [-0.05, 0) is 6.07 Å². The maximum absolute atomic E-state index is 13.7. The number of aromatic nitrogens is 4. The molecule has 0 spiro atoms. The Hall–Kier alpha value is -3.85. The first-order chi connectivity index (χ1) is 14.7. The highest BCUT2D eigenvalue weighted by molar-refractivity contribution is 5.90. The molecular formula is C21H18FN5O3. The number of ether oxygens (including phenoxy) is 1. The predicted molar refractivity (Wildman–Crippen MR) is 106 cm³/mol. The fourth-order valence-corrected chi connectivity index (χ4v) is 2.75. The minimum Gasteiger partial charge on any atom is -0.362 e. The number of halogens is 1. The highest BCUT2D eigenvalue weighted by atomic mass is 19.1. The van der Waals surface area contributed by atoms with Crippen LogP contribution in [0.1, 0.15) is 11.5 Å². The zero-order valence-corrected chi connectivity index (χ0v) is 15.9. The number of anilines is 1. The Bertz CT molecular complexity index is 1130. The number of hydrogen-bond acceptors (Lipinski definition) is 6. The average molecular weight is 407 g/mol. The van der Waals surface area contributed by atoms with Crippen molar-refractivity contribution in [3.8, 4) is 11.4 Å². The summed E-state index contributed by atoms with van der Waals surface area (Å²) in [4.78, 5) is 16.3. The Morgan fingerprint density at radius 3 is 2.73 bits per heavy atom. The van der Waals surface area contributed by atoms with Crippen molar-refractivity contribution in [1.82, 2.24) is 19.9 Å². The maximum atomic E-state index is 13.7. The summed E-state index contributed by atoms with van der Waals surface area (Å²) in [5, 5.41) is 10.7. The van der Waals surface area contributed by atoms with Crippen LogP contribution in [0.2, 0.25) is 0 Å². The van der Waals surface area contributed by atoms with Gasteiger partial charge in [0.2, 0.25) is 5.82 Å². The minimum atomic E-state index is -0.381. The molecule has 30 heavy (non-hydrogen) atoms. The molecule has 1 amide bonds. The monoisotopic (exact) mass is 407 g/mol. The van der Waals surface area contributed by atoms with Gasteiger partial charge in [-0.2, -0.15) is 10.1 Å². The first kappa shape index (κ1) is 19.5. The summed E-state index contributed by atoms with van der Waals surface area (Å²) in [6.07, 6.45) is 1.66. The van der Waals surface area contributed by atoms with Gasteiger partial charge >= 0.3 is 0 Å². The number of carbonyl (C=O) groups excluding carboxylic acids is 1. The van der Waals surface area contributed by atoms with Crippen LogP contribution in [0, 0.1) is 5.82 Å². The van der Waals surface area contributed by atoms with E-state index < -0.39 is 0 Å². The van der Waals surface area contributed by atoms with E-state index in [0.29, 0.717) is 17.2 Å². The smallest absolute Gasteiger partial charge is 0.252 e. The molecule has 2 aromatic heterocycles. The summed E-state index contributed by atoms with van der Waals surface area (Å²) in [7, 11) is 0. The zero-order chi connectivity index (χ0) is 20.8. The van der Waals surface area contributed by atoms with Gasteiger partial charge in [0.25, 0.3) is 11.8 Å². The number of nitrogens with zero attached hydrogens (tertiary/aromatic N) is 4. The lowest BCUT2D eigenvalue weighted by molar-refractivity contribution is -0.121. The topological polar surface area (TPSA) is 95.1 Å². The third-order valence-electron chi connectivity index (χ3n) is 4.16. The molecule has 0 aliphatic heterocycles. The summed E-state index contributed by atoms with van der Waals surface area (Å²) in [5.74, 6) is 0.399. The number of nitrogens with one attached hydrogen (secondary N) is 1. The Labute approximate surface area is 171 Å². The van der Waals surface area contributed by atoms with Gasteiger partial charge in [0.1, 0.15) is 19.0 Å². The summed E-state index contributed by atoms with van der Waals surface area (Å²) >= 11 is 0. The maximum Gasteiger partial charge on any atom is 0.252 e. The first-order valence-electron chi connectivity index (χ1n) is 9.20. The van der Waals surface area contributed by atoms with Gasteiger partial charge in [0, 0.05) is 23.4 Å². The third kappa shape index (κ3) is 4.95. The van der Waals surface area contributed by atoms with Crippen LogP contribution in [0.4, 0.5) is 10.2 Å². The number of amides is 1. The highest BCUT2D eigenvalue weighted by Gasteiger charge is 2.11. The molecule has 0 radical (unpaired) electrons. The lowest BCUT2D eigenvalue weighted by Crippen LogP contribution is -2.18. The van der Waals surface area contributed by atoms with Crippen molar-refractivity contribution in [1.29, 1.82) is 0 Å². The van der Waals surface area contributed by atoms with Crippen molar-refractivity contribution in [2.75, 3.05) is 11.9 Å². The molecule has 0 aliphatic rings. The molecule has 0 aliphatic carbocycles. The summed E-state index contributed by atoms with van der Waals surface area (Å²) in [6, 6.07) is 17.5. The second-order valence-corrected chi connectivity index (χ2v) is 6.41. The molecule has 152 valence electrons. The number of rotatable bonds is 8.